The third-order valence-electron chi connectivity index (χ3n) is 2.72. The molecule has 14 heavy (non-hydrogen) atoms. The molecule has 2 rings (SSSR count). The Kier molecular flexibility index (Phi) is 2.03. The summed E-state index contributed by atoms with van der Waals surface area (Å²) >= 11 is 0. The van der Waals surface area contributed by atoms with Crippen LogP contribution in [0.25, 0.3) is 0 Å². The second kappa shape index (κ2) is 3.09. The zero-order chi connectivity index (χ0) is 10.2. The third kappa shape index (κ3) is 1.21. The van der Waals surface area contributed by atoms with E-state index < -0.39 is 5.97 Å². The van der Waals surface area contributed by atoms with E-state index >= 15 is 0 Å². The summed E-state index contributed by atoms with van der Waals surface area (Å²) in [7, 11) is 1.33. The van der Waals surface area contributed by atoms with Crippen LogP contribution in [-0.2, 0) is 10.2 Å². The summed E-state index contributed by atoms with van der Waals surface area (Å²) in [6.07, 6.45) is 3.23. The number of nitrogens with two attached hydrogens (primary N) is 1. The Bertz CT molecular complexity index is 355. The highest BCUT2D eigenvalue weighted by Gasteiger charge is 2.48. The molecule has 0 atom stereocenters. The first-order chi connectivity index (χ1) is 6.73. The first-order valence-electron chi connectivity index (χ1n) is 4.47. The molecule has 1 aromatic heterocycles. The van der Waals surface area contributed by atoms with Crippen LogP contribution in [0.15, 0.2) is 10.8 Å². The fourth-order valence-electron chi connectivity index (χ4n) is 1.56. The number of ether oxygens (including phenoxy) is 1. The van der Waals surface area contributed by atoms with Gasteiger partial charge in [0.15, 0.2) is 0 Å². The van der Waals surface area contributed by atoms with Crippen LogP contribution in [0.4, 0.5) is 0 Å². The SMILES string of the molecule is COC(=O)c1conc1C1(CN)CC1. The van der Waals surface area contributed by atoms with Crippen molar-refractivity contribution in [1.29, 1.82) is 0 Å². The van der Waals surface area contributed by atoms with Gasteiger partial charge in [-0.3, -0.25) is 0 Å². The van der Waals surface area contributed by atoms with Crippen molar-refractivity contribution in [2.45, 2.75) is 18.3 Å². The van der Waals surface area contributed by atoms with Crippen LogP contribution < -0.4 is 5.73 Å². The molecule has 0 amide bonds. The molecular weight excluding hydrogens is 184 g/mol. The predicted octanol–water partition coefficient (Wildman–Crippen LogP) is 0.451. The van der Waals surface area contributed by atoms with Gasteiger partial charge in [-0.05, 0) is 12.8 Å². The van der Waals surface area contributed by atoms with Gasteiger partial charge in [-0.2, -0.15) is 0 Å². The highest BCUT2D eigenvalue weighted by atomic mass is 16.5. The lowest BCUT2D eigenvalue weighted by Gasteiger charge is -2.08. The van der Waals surface area contributed by atoms with Crippen molar-refractivity contribution in [3.05, 3.63) is 17.5 Å². The number of hydrogen-bond acceptors (Lipinski definition) is 5. The van der Waals surface area contributed by atoms with Gasteiger partial charge in [0.25, 0.3) is 0 Å². The van der Waals surface area contributed by atoms with Gasteiger partial charge in [-0.1, -0.05) is 5.16 Å². The summed E-state index contributed by atoms with van der Waals surface area (Å²) < 4.78 is 9.41. The molecule has 1 aliphatic rings. The fraction of sp³-hybridized carbons (Fsp3) is 0.556. The molecule has 0 saturated heterocycles. The van der Waals surface area contributed by atoms with Gasteiger partial charge >= 0.3 is 5.97 Å². The summed E-state index contributed by atoms with van der Waals surface area (Å²) in [5.74, 6) is -0.416. The maximum atomic E-state index is 11.3. The van der Waals surface area contributed by atoms with E-state index in [4.69, 9.17) is 10.3 Å². The maximum Gasteiger partial charge on any atom is 0.343 e. The molecule has 0 spiro atoms. The smallest absolute Gasteiger partial charge is 0.343 e. The third-order valence-corrected chi connectivity index (χ3v) is 2.72. The van der Waals surface area contributed by atoms with Crippen molar-refractivity contribution in [3.63, 3.8) is 0 Å². The van der Waals surface area contributed by atoms with Crippen LogP contribution in [-0.4, -0.2) is 24.8 Å². The first kappa shape index (κ1) is 9.21. The number of esters is 1. The fourth-order valence-corrected chi connectivity index (χ4v) is 1.56. The average molecular weight is 196 g/mol. The van der Waals surface area contributed by atoms with E-state index in [-0.39, 0.29) is 5.41 Å². The van der Waals surface area contributed by atoms with Crippen molar-refractivity contribution in [2.75, 3.05) is 13.7 Å². The Morgan fingerprint density at radius 3 is 3.00 bits per heavy atom. The Balaban J connectivity index is 2.35. The summed E-state index contributed by atoms with van der Waals surface area (Å²) in [5.41, 5.74) is 6.54. The summed E-state index contributed by atoms with van der Waals surface area (Å²) in [4.78, 5) is 11.3. The highest BCUT2D eigenvalue weighted by Crippen LogP contribution is 2.47. The minimum atomic E-state index is -0.416. The summed E-state index contributed by atoms with van der Waals surface area (Å²) in [5, 5.41) is 3.83. The van der Waals surface area contributed by atoms with Crippen LogP contribution in [0, 0.1) is 0 Å². The Morgan fingerprint density at radius 2 is 2.50 bits per heavy atom. The van der Waals surface area contributed by atoms with E-state index in [1.165, 1.54) is 13.4 Å². The van der Waals surface area contributed by atoms with Gasteiger partial charge in [-0.15, -0.1) is 0 Å². The Morgan fingerprint density at radius 1 is 1.79 bits per heavy atom. The van der Waals surface area contributed by atoms with E-state index in [0.717, 1.165) is 12.8 Å². The minimum absolute atomic E-state index is 0.142. The topological polar surface area (TPSA) is 78.3 Å². The van der Waals surface area contributed by atoms with Crippen molar-refractivity contribution < 1.29 is 14.1 Å². The maximum absolute atomic E-state index is 11.3. The molecule has 5 nitrogen and oxygen atoms in total. The number of rotatable bonds is 3. The van der Waals surface area contributed by atoms with Crippen molar-refractivity contribution >= 4 is 5.97 Å². The van der Waals surface area contributed by atoms with Crippen molar-refractivity contribution in [3.8, 4) is 0 Å². The number of carbonyl (C=O) groups is 1. The zero-order valence-corrected chi connectivity index (χ0v) is 7.95. The van der Waals surface area contributed by atoms with Gasteiger partial charge in [0.05, 0.1) is 7.11 Å². The number of carbonyl (C=O) groups excluding carboxylic acids is 1. The molecular formula is C9H12N2O3. The number of aromatic nitrogens is 1. The van der Waals surface area contributed by atoms with Crippen LogP contribution in [0.3, 0.4) is 0 Å². The molecule has 1 aromatic rings. The monoisotopic (exact) mass is 196 g/mol. The van der Waals surface area contributed by atoms with E-state index in [9.17, 15) is 4.79 Å². The molecule has 0 aliphatic heterocycles. The molecule has 76 valence electrons. The number of hydrogen-bond donors (Lipinski definition) is 1. The molecule has 0 aromatic carbocycles. The molecule has 5 heteroatoms. The van der Waals surface area contributed by atoms with Crippen molar-refractivity contribution in [1.82, 2.24) is 5.16 Å². The van der Waals surface area contributed by atoms with E-state index in [2.05, 4.69) is 9.89 Å². The van der Waals surface area contributed by atoms with E-state index in [1.54, 1.807) is 0 Å². The molecule has 2 N–H and O–H groups in total. The molecule has 0 radical (unpaired) electrons. The largest absolute Gasteiger partial charge is 0.465 e. The van der Waals surface area contributed by atoms with Crippen LogP contribution in [0.1, 0.15) is 28.9 Å². The number of nitrogens with zero attached hydrogens (tertiary/aromatic N) is 1. The van der Waals surface area contributed by atoms with E-state index in [0.29, 0.717) is 17.8 Å². The summed E-state index contributed by atoms with van der Waals surface area (Å²) in [6, 6.07) is 0. The molecule has 1 fully saturated rings. The van der Waals surface area contributed by atoms with Gasteiger partial charge < -0.3 is 15.0 Å². The summed E-state index contributed by atoms with van der Waals surface area (Å²) in [6.45, 7) is 0.490. The van der Waals surface area contributed by atoms with E-state index in [1.807, 2.05) is 0 Å². The van der Waals surface area contributed by atoms with Crippen LogP contribution >= 0.6 is 0 Å². The lowest BCUT2D eigenvalue weighted by molar-refractivity contribution is 0.0598. The highest BCUT2D eigenvalue weighted by molar-refractivity contribution is 5.90. The number of methoxy groups -OCH3 is 1. The van der Waals surface area contributed by atoms with Gasteiger partial charge in [0, 0.05) is 12.0 Å². The lowest BCUT2D eigenvalue weighted by Crippen LogP contribution is -2.22. The van der Waals surface area contributed by atoms with Gasteiger partial charge in [-0.25, -0.2) is 4.79 Å². The van der Waals surface area contributed by atoms with Gasteiger partial charge in [0.1, 0.15) is 17.5 Å². The predicted molar refractivity (Wildman–Crippen MR) is 47.8 cm³/mol. The standard InChI is InChI=1S/C9H12N2O3/c1-13-8(12)6-4-14-11-7(6)9(5-10)2-3-9/h4H,2-3,5,10H2,1H3. The second-order valence-corrected chi connectivity index (χ2v) is 3.55. The second-order valence-electron chi connectivity index (χ2n) is 3.55. The average Bonchev–Trinajstić information content (AvgIpc) is 2.87. The molecule has 0 unspecified atom stereocenters. The molecule has 1 heterocycles. The first-order valence-corrected chi connectivity index (χ1v) is 4.47. The van der Waals surface area contributed by atoms with Crippen LogP contribution in [0.2, 0.25) is 0 Å². The molecule has 0 bridgehead atoms. The van der Waals surface area contributed by atoms with Crippen LogP contribution in [0.5, 0.6) is 0 Å². The van der Waals surface area contributed by atoms with Crippen molar-refractivity contribution in [2.24, 2.45) is 5.73 Å². The Labute approximate surface area is 81.2 Å². The van der Waals surface area contributed by atoms with Gasteiger partial charge in [0.2, 0.25) is 0 Å². The lowest BCUT2D eigenvalue weighted by atomic mass is 9.99. The molecule has 1 saturated carbocycles. The normalized spacial score (nSPS) is 17.9. The Hall–Kier alpha value is -1.36. The molecule has 1 aliphatic carbocycles. The minimum Gasteiger partial charge on any atom is -0.465 e. The quantitative estimate of drug-likeness (QED) is 0.710. The zero-order valence-electron chi connectivity index (χ0n) is 7.95.